The summed E-state index contributed by atoms with van der Waals surface area (Å²) in [6.45, 7) is 0. The molecule has 0 aliphatic heterocycles. The lowest BCUT2D eigenvalue weighted by molar-refractivity contribution is 0.601. The van der Waals surface area contributed by atoms with Crippen LogP contribution in [0.4, 0.5) is 10.3 Å². The second-order valence-corrected chi connectivity index (χ2v) is 8.27. The predicted octanol–water partition coefficient (Wildman–Crippen LogP) is 4.05. The summed E-state index contributed by atoms with van der Waals surface area (Å²) in [6, 6.07) is 11.7. The summed E-state index contributed by atoms with van der Waals surface area (Å²) in [4.78, 5) is 4.75. The third kappa shape index (κ3) is 3.16. The predicted molar refractivity (Wildman–Crippen MR) is 98.5 cm³/mol. The molecule has 6 nitrogen and oxygen atoms in total. The van der Waals surface area contributed by atoms with Crippen LogP contribution in [0.2, 0.25) is 5.02 Å². The Labute approximate surface area is 156 Å². The van der Waals surface area contributed by atoms with Crippen molar-refractivity contribution in [2.24, 2.45) is 0 Å². The largest absolute Gasteiger partial charge is 0.264 e. The van der Waals surface area contributed by atoms with Crippen LogP contribution >= 0.6 is 22.9 Å². The van der Waals surface area contributed by atoms with Crippen molar-refractivity contribution in [1.29, 1.82) is 0 Å². The van der Waals surface area contributed by atoms with Crippen molar-refractivity contribution in [3.63, 3.8) is 0 Å². The Balaban J connectivity index is 1.68. The highest BCUT2D eigenvalue weighted by molar-refractivity contribution is 7.92. The number of sulfonamides is 1. The molecular formula is C16H10ClFN4O2S2. The lowest BCUT2D eigenvalue weighted by Gasteiger charge is -2.04. The van der Waals surface area contributed by atoms with Crippen LogP contribution in [-0.2, 0) is 10.0 Å². The fourth-order valence-corrected chi connectivity index (χ4v) is 4.23. The van der Waals surface area contributed by atoms with Gasteiger partial charge in [-0.15, -0.1) is 16.4 Å². The second-order valence-electron chi connectivity index (χ2n) is 5.32. The van der Waals surface area contributed by atoms with Gasteiger partial charge in [-0.2, -0.15) is 4.98 Å². The van der Waals surface area contributed by atoms with Gasteiger partial charge >= 0.3 is 0 Å². The molecule has 0 bridgehead atoms. The second kappa shape index (κ2) is 6.35. The summed E-state index contributed by atoms with van der Waals surface area (Å²) in [6.07, 6.45) is 0. The van der Waals surface area contributed by atoms with E-state index in [1.165, 1.54) is 52.3 Å². The molecule has 0 atom stereocenters. The zero-order valence-corrected chi connectivity index (χ0v) is 15.3. The molecule has 2 aromatic carbocycles. The van der Waals surface area contributed by atoms with E-state index in [9.17, 15) is 12.8 Å². The number of halogens is 2. The summed E-state index contributed by atoms with van der Waals surface area (Å²) in [5.41, 5.74) is 1.43. The molecule has 0 saturated carbocycles. The van der Waals surface area contributed by atoms with Gasteiger partial charge in [0.15, 0.2) is 0 Å². The molecule has 0 radical (unpaired) electrons. The van der Waals surface area contributed by atoms with E-state index in [0.29, 0.717) is 15.7 Å². The van der Waals surface area contributed by atoms with Crippen LogP contribution in [0.1, 0.15) is 0 Å². The minimum Gasteiger partial charge on any atom is -0.246 e. The number of aromatic nitrogens is 3. The van der Waals surface area contributed by atoms with Crippen LogP contribution < -0.4 is 4.72 Å². The lowest BCUT2D eigenvalue weighted by Crippen LogP contribution is -2.14. The first-order valence-electron chi connectivity index (χ1n) is 7.31. The third-order valence-corrected chi connectivity index (χ3v) is 5.98. The summed E-state index contributed by atoms with van der Waals surface area (Å²) in [5.74, 6) is -0.384. The number of nitrogens with zero attached hydrogens (tertiary/aromatic N) is 3. The zero-order valence-electron chi connectivity index (χ0n) is 12.9. The van der Waals surface area contributed by atoms with Gasteiger partial charge in [-0.05, 0) is 48.5 Å². The van der Waals surface area contributed by atoms with E-state index < -0.39 is 10.0 Å². The van der Waals surface area contributed by atoms with E-state index in [2.05, 4.69) is 14.8 Å². The lowest BCUT2D eigenvalue weighted by atomic mass is 10.2. The standard InChI is InChI=1S/C16H10ClFN4O2S2/c17-11-3-7-13(8-4-11)26(23,24)21-15-19-16-22(20-15)14(9-25-16)10-1-5-12(18)6-2-10/h1-9H,(H,20,21). The van der Waals surface area contributed by atoms with Crippen molar-refractivity contribution in [3.05, 3.63) is 64.8 Å². The molecule has 4 aromatic rings. The SMILES string of the molecule is O=S(=O)(Nc1nc2scc(-c3ccc(F)cc3)n2n1)c1ccc(Cl)cc1. The smallest absolute Gasteiger partial charge is 0.246 e. The highest BCUT2D eigenvalue weighted by Gasteiger charge is 2.18. The van der Waals surface area contributed by atoms with E-state index in [-0.39, 0.29) is 16.7 Å². The molecule has 0 amide bonds. The number of rotatable bonds is 4. The zero-order chi connectivity index (χ0) is 18.3. The average Bonchev–Trinajstić information content (AvgIpc) is 3.15. The van der Waals surface area contributed by atoms with Crippen molar-refractivity contribution in [2.45, 2.75) is 4.90 Å². The maximum atomic E-state index is 13.1. The molecule has 2 heterocycles. The van der Waals surface area contributed by atoms with Crippen LogP contribution in [0.15, 0.2) is 58.8 Å². The fraction of sp³-hybridized carbons (Fsp3) is 0. The number of benzene rings is 2. The van der Waals surface area contributed by atoms with Crippen molar-refractivity contribution >= 4 is 43.9 Å². The Morgan fingerprint density at radius 1 is 1.08 bits per heavy atom. The number of hydrogen-bond acceptors (Lipinski definition) is 5. The molecule has 2 aromatic heterocycles. The Bertz CT molecular complexity index is 1190. The van der Waals surface area contributed by atoms with Gasteiger partial charge < -0.3 is 0 Å². The summed E-state index contributed by atoms with van der Waals surface area (Å²) in [7, 11) is -3.83. The third-order valence-electron chi connectivity index (χ3n) is 3.57. The first kappa shape index (κ1) is 17.0. The van der Waals surface area contributed by atoms with E-state index in [4.69, 9.17) is 11.6 Å². The van der Waals surface area contributed by atoms with Gasteiger partial charge in [0.2, 0.25) is 4.96 Å². The molecule has 0 aliphatic carbocycles. The molecule has 4 rings (SSSR count). The minimum absolute atomic E-state index is 0.0461. The Kier molecular flexibility index (Phi) is 4.14. The Morgan fingerprint density at radius 2 is 1.77 bits per heavy atom. The molecule has 0 saturated heterocycles. The maximum absolute atomic E-state index is 13.1. The van der Waals surface area contributed by atoms with Crippen LogP contribution in [-0.4, -0.2) is 23.0 Å². The van der Waals surface area contributed by atoms with Gasteiger partial charge in [0.05, 0.1) is 10.6 Å². The molecular weight excluding hydrogens is 399 g/mol. The molecule has 0 aliphatic rings. The summed E-state index contributed by atoms with van der Waals surface area (Å²) in [5, 5.41) is 6.46. The van der Waals surface area contributed by atoms with E-state index in [1.807, 2.05) is 5.38 Å². The van der Waals surface area contributed by atoms with E-state index in [1.54, 1.807) is 12.1 Å². The first-order valence-corrected chi connectivity index (χ1v) is 10.0. The van der Waals surface area contributed by atoms with Crippen molar-refractivity contribution < 1.29 is 12.8 Å². The van der Waals surface area contributed by atoms with Crippen molar-refractivity contribution in [2.75, 3.05) is 4.72 Å². The van der Waals surface area contributed by atoms with Crippen LogP contribution in [0.25, 0.3) is 16.2 Å². The fourth-order valence-electron chi connectivity index (χ4n) is 2.34. The summed E-state index contributed by atoms with van der Waals surface area (Å²) < 4.78 is 41.8. The highest BCUT2D eigenvalue weighted by atomic mass is 35.5. The molecule has 132 valence electrons. The van der Waals surface area contributed by atoms with Crippen LogP contribution in [0.5, 0.6) is 0 Å². The van der Waals surface area contributed by atoms with E-state index >= 15 is 0 Å². The number of anilines is 1. The van der Waals surface area contributed by atoms with Crippen LogP contribution in [0.3, 0.4) is 0 Å². The number of nitrogens with one attached hydrogen (secondary N) is 1. The van der Waals surface area contributed by atoms with Gasteiger partial charge in [-0.1, -0.05) is 11.6 Å². The Morgan fingerprint density at radius 3 is 2.46 bits per heavy atom. The first-order chi connectivity index (χ1) is 12.4. The average molecular weight is 409 g/mol. The Hall–Kier alpha value is -2.49. The van der Waals surface area contributed by atoms with Crippen molar-refractivity contribution in [3.8, 4) is 11.3 Å². The molecule has 0 unspecified atom stereocenters. The topological polar surface area (TPSA) is 76.4 Å². The van der Waals surface area contributed by atoms with E-state index in [0.717, 1.165) is 5.56 Å². The monoisotopic (exact) mass is 408 g/mol. The molecule has 0 spiro atoms. The molecule has 0 fully saturated rings. The molecule has 1 N–H and O–H groups in total. The quantitative estimate of drug-likeness (QED) is 0.552. The maximum Gasteiger partial charge on any atom is 0.264 e. The highest BCUT2D eigenvalue weighted by Crippen LogP contribution is 2.26. The van der Waals surface area contributed by atoms with Gasteiger partial charge in [0.1, 0.15) is 5.82 Å². The number of hydrogen-bond donors (Lipinski definition) is 1. The number of fused-ring (bicyclic) bond motifs is 1. The minimum atomic E-state index is -3.83. The van der Waals surface area contributed by atoms with Gasteiger partial charge in [-0.3, -0.25) is 0 Å². The molecule has 26 heavy (non-hydrogen) atoms. The van der Waals surface area contributed by atoms with Gasteiger partial charge in [-0.25, -0.2) is 22.0 Å². The van der Waals surface area contributed by atoms with Crippen LogP contribution in [0, 0.1) is 5.82 Å². The number of thiazole rings is 1. The van der Waals surface area contributed by atoms with Gasteiger partial charge in [0, 0.05) is 16.0 Å². The summed E-state index contributed by atoms with van der Waals surface area (Å²) >= 11 is 7.08. The molecule has 10 heteroatoms. The van der Waals surface area contributed by atoms with Gasteiger partial charge in [0.25, 0.3) is 16.0 Å². The van der Waals surface area contributed by atoms with Crippen molar-refractivity contribution in [1.82, 2.24) is 14.6 Å². The normalized spacial score (nSPS) is 11.8.